The van der Waals surface area contributed by atoms with Crippen molar-refractivity contribution in [1.29, 1.82) is 0 Å². The number of urea groups is 1. The molecule has 104 valence electrons. The molecule has 0 spiro atoms. The Morgan fingerprint density at radius 3 is 2.80 bits per heavy atom. The first-order valence-corrected chi connectivity index (χ1v) is 6.33. The van der Waals surface area contributed by atoms with Gasteiger partial charge in [0.05, 0.1) is 6.10 Å². The van der Waals surface area contributed by atoms with Crippen molar-refractivity contribution in [3.8, 4) is 0 Å². The van der Waals surface area contributed by atoms with E-state index < -0.39 is 6.10 Å². The molecule has 3 N–H and O–H groups in total. The molecule has 0 bridgehead atoms. The Morgan fingerprint density at radius 1 is 1.30 bits per heavy atom. The molecule has 0 radical (unpaired) electrons. The standard InChI is InChI=1S/C15H17N3O2/c1-10-9-16-7-6-14(10)18-15(20)17-13-5-3-4-12(8-13)11(2)19/h3-9,11,19H,1-2H3,(H2,16,17,18,20). The number of hydrogen-bond acceptors (Lipinski definition) is 3. The molecule has 0 aliphatic heterocycles. The molecule has 1 aromatic heterocycles. The van der Waals surface area contributed by atoms with Gasteiger partial charge < -0.3 is 15.7 Å². The minimum Gasteiger partial charge on any atom is -0.389 e. The van der Waals surface area contributed by atoms with E-state index in [2.05, 4.69) is 15.6 Å². The molecule has 0 aliphatic rings. The smallest absolute Gasteiger partial charge is 0.323 e. The van der Waals surface area contributed by atoms with Crippen molar-refractivity contribution in [2.24, 2.45) is 0 Å². The van der Waals surface area contributed by atoms with Crippen molar-refractivity contribution >= 4 is 17.4 Å². The zero-order chi connectivity index (χ0) is 14.5. The molecule has 0 fully saturated rings. The van der Waals surface area contributed by atoms with Crippen LogP contribution in [-0.2, 0) is 0 Å². The number of amides is 2. The normalized spacial score (nSPS) is 11.8. The zero-order valence-electron chi connectivity index (χ0n) is 11.4. The lowest BCUT2D eigenvalue weighted by Gasteiger charge is -2.11. The summed E-state index contributed by atoms with van der Waals surface area (Å²) in [6, 6.07) is 8.51. The number of pyridine rings is 1. The topological polar surface area (TPSA) is 74.2 Å². The number of anilines is 2. The number of nitrogens with zero attached hydrogens (tertiary/aromatic N) is 1. The van der Waals surface area contributed by atoms with E-state index in [1.54, 1.807) is 49.6 Å². The Bertz CT molecular complexity index is 612. The SMILES string of the molecule is Cc1cnccc1NC(=O)Nc1cccc(C(C)O)c1. The number of carbonyl (C=O) groups excluding carboxylic acids is 1. The van der Waals surface area contributed by atoms with Gasteiger partial charge in [-0.3, -0.25) is 4.98 Å². The summed E-state index contributed by atoms with van der Waals surface area (Å²) in [6.45, 7) is 3.55. The van der Waals surface area contributed by atoms with E-state index in [0.29, 0.717) is 11.4 Å². The molecule has 0 saturated heterocycles. The number of carbonyl (C=O) groups is 1. The molecule has 1 atom stereocenters. The third-order valence-electron chi connectivity index (χ3n) is 2.90. The van der Waals surface area contributed by atoms with E-state index >= 15 is 0 Å². The lowest BCUT2D eigenvalue weighted by atomic mass is 10.1. The number of aliphatic hydroxyl groups is 1. The van der Waals surface area contributed by atoms with Crippen LogP contribution in [0.3, 0.4) is 0 Å². The Hall–Kier alpha value is -2.40. The highest BCUT2D eigenvalue weighted by atomic mass is 16.3. The van der Waals surface area contributed by atoms with E-state index in [9.17, 15) is 9.90 Å². The van der Waals surface area contributed by atoms with Gasteiger partial charge in [0, 0.05) is 23.8 Å². The van der Waals surface area contributed by atoms with Crippen LogP contribution >= 0.6 is 0 Å². The predicted octanol–water partition coefficient (Wildman–Crippen LogP) is 3.09. The van der Waals surface area contributed by atoms with Crippen LogP contribution in [0.5, 0.6) is 0 Å². The molecule has 2 rings (SSSR count). The lowest BCUT2D eigenvalue weighted by Crippen LogP contribution is -2.20. The number of aromatic nitrogens is 1. The fourth-order valence-corrected chi connectivity index (χ4v) is 1.77. The molecule has 2 aromatic rings. The molecule has 1 heterocycles. The number of hydrogen-bond donors (Lipinski definition) is 3. The Kier molecular flexibility index (Phi) is 4.32. The summed E-state index contributed by atoms with van der Waals surface area (Å²) >= 11 is 0. The average molecular weight is 271 g/mol. The summed E-state index contributed by atoms with van der Waals surface area (Å²) in [5, 5.41) is 15.0. The summed E-state index contributed by atoms with van der Waals surface area (Å²) in [6.07, 6.45) is 2.74. The van der Waals surface area contributed by atoms with Gasteiger partial charge in [-0.05, 0) is 43.2 Å². The second kappa shape index (κ2) is 6.16. The van der Waals surface area contributed by atoms with Crippen LogP contribution in [0.25, 0.3) is 0 Å². The van der Waals surface area contributed by atoms with Crippen molar-refractivity contribution in [3.05, 3.63) is 53.9 Å². The van der Waals surface area contributed by atoms with Crippen LogP contribution in [-0.4, -0.2) is 16.1 Å². The van der Waals surface area contributed by atoms with Crippen LogP contribution in [0.15, 0.2) is 42.7 Å². The van der Waals surface area contributed by atoms with E-state index in [4.69, 9.17) is 0 Å². The van der Waals surface area contributed by atoms with Crippen molar-refractivity contribution in [1.82, 2.24) is 4.98 Å². The highest BCUT2D eigenvalue weighted by Crippen LogP contribution is 2.17. The Labute approximate surface area is 117 Å². The molecule has 0 saturated carbocycles. The quantitative estimate of drug-likeness (QED) is 0.803. The molecule has 5 nitrogen and oxygen atoms in total. The van der Waals surface area contributed by atoms with Crippen LogP contribution < -0.4 is 10.6 Å². The molecule has 2 amide bonds. The molecule has 20 heavy (non-hydrogen) atoms. The van der Waals surface area contributed by atoms with Crippen LogP contribution in [0, 0.1) is 6.92 Å². The van der Waals surface area contributed by atoms with Gasteiger partial charge in [0.1, 0.15) is 0 Å². The summed E-state index contributed by atoms with van der Waals surface area (Å²) < 4.78 is 0. The fourth-order valence-electron chi connectivity index (χ4n) is 1.77. The van der Waals surface area contributed by atoms with E-state index in [1.165, 1.54) is 0 Å². The van der Waals surface area contributed by atoms with Gasteiger partial charge >= 0.3 is 6.03 Å². The van der Waals surface area contributed by atoms with E-state index in [-0.39, 0.29) is 6.03 Å². The maximum absolute atomic E-state index is 11.9. The summed E-state index contributed by atoms with van der Waals surface area (Å²) in [4.78, 5) is 15.9. The van der Waals surface area contributed by atoms with Crippen molar-refractivity contribution in [2.75, 3.05) is 10.6 Å². The third-order valence-corrected chi connectivity index (χ3v) is 2.90. The van der Waals surface area contributed by atoms with E-state index in [1.807, 2.05) is 6.92 Å². The maximum atomic E-state index is 11.9. The van der Waals surface area contributed by atoms with Gasteiger partial charge in [-0.15, -0.1) is 0 Å². The van der Waals surface area contributed by atoms with Crippen molar-refractivity contribution in [2.45, 2.75) is 20.0 Å². The van der Waals surface area contributed by atoms with Gasteiger partial charge in [0.2, 0.25) is 0 Å². The van der Waals surface area contributed by atoms with E-state index in [0.717, 1.165) is 11.1 Å². The summed E-state index contributed by atoms with van der Waals surface area (Å²) in [5.41, 5.74) is 2.99. The first-order chi connectivity index (χ1) is 9.56. The predicted molar refractivity (Wildman–Crippen MR) is 78.7 cm³/mol. The lowest BCUT2D eigenvalue weighted by molar-refractivity contribution is 0.199. The van der Waals surface area contributed by atoms with Gasteiger partial charge in [-0.2, -0.15) is 0 Å². The first-order valence-electron chi connectivity index (χ1n) is 6.33. The fraction of sp³-hybridized carbons (Fsp3) is 0.200. The zero-order valence-corrected chi connectivity index (χ0v) is 11.4. The molecule has 5 heteroatoms. The molecule has 1 aromatic carbocycles. The molecule has 0 aliphatic carbocycles. The number of rotatable bonds is 3. The summed E-state index contributed by atoms with van der Waals surface area (Å²) in [7, 11) is 0. The third kappa shape index (κ3) is 3.55. The molecule has 1 unspecified atom stereocenters. The average Bonchev–Trinajstić information content (AvgIpc) is 2.41. The maximum Gasteiger partial charge on any atom is 0.323 e. The second-order valence-corrected chi connectivity index (χ2v) is 4.57. The van der Waals surface area contributed by atoms with Crippen LogP contribution in [0.2, 0.25) is 0 Å². The number of nitrogens with one attached hydrogen (secondary N) is 2. The number of aryl methyl sites for hydroxylation is 1. The molecular weight excluding hydrogens is 254 g/mol. The van der Waals surface area contributed by atoms with Crippen LogP contribution in [0.1, 0.15) is 24.2 Å². The second-order valence-electron chi connectivity index (χ2n) is 4.57. The first kappa shape index (κ1) is 14.0. The van der Waals surface area contributed by atoms with Gasteiger partial charge in [0.15, 0.2) is 0 Å². The minimum atomic E-state index is -0.567. The van der Waals surface area contributed by atoms with Gasteiger partial charge in [-0.1, -0.05) is 12.1 Å². The van der Waals surface area contributed by atoms with Gasteiger partial charge in [-0.25, -0.2) is 4.79 Å². The van der Waals surface area contributed by atoms with Crippen LogP contribution in [0.4, 0.5) is 16.2 Å². The van der Waals surface area contributed by atoms with Gasteiger partial charge in [0.25, 0.3) is 0 Å². The number of benzene rings is 1. The summed E-state index contributed by atoms with van der Waals surface area (Å²) in [5.74, 6) is 0. The van der Waals surface area contributed by atoms with Crippen molar-refractivity contribution < 1.29 is 9.90 Å². The van der Waals surface area contributed by atoms with Crippen molar-refractivity contribution in [3.63, 3.8) is 0 Å². The Morgan fingerprint density at radius 2 is 2.10 bits per heavy atom. The highest BCUT2D eigenvalue weighted by Gasteiger charge is 2.06. The largest absolute Gasteiger partial charge is 0.389 e. The monoisotopic (exact) mass is 271 g/mol. The minimum absolute atomic E-state index is 0.331. The highest BCUT2D eigenvalue weighted by molar-refractivity contribution is 6.00. The molecular formula is C15H17N3O2. The number of aliphatic hydroxyl groups excluding tert-OH is 1. The Balaban J connectivity index is 2.05.